The van der Waals surface area contributed by atoms with Crippen molar-refractivity contribution in [1.29, 1.82) is 0 Å². The van der Waals surface area contributed by atoms with Crippen LogP contribution in [0.25, 0.3) is 0 Å². The van der Waals surface area contributed by atoms with Gasteiger partial charge in [-0.25, -0.2) is 0 Å². The van der Waals surface area contributed by atoms with Gasteiger partial charge in [0.25, 0.3) is 0 Å². The Morgan fingerprint density at radius 2 is 1.95 bits per heavy atom. The summed E-state index contributed by atoms with van der Waals surface area (Å²) in [5, 5.41) is 3.76. The normalized spacial score (nSPS) is 43.5. The fourth-order valence-electron chi connectivity index (χ4n) is 5.90. The van der Waals surface area contributed by atoms with Gasteiger partial charge in [-0.05, 0) is 43.6 Å². The van der Waals surface area contributed by atoms with Gasteiger partial charge in [0.15, 0.2) is 0 Å². The Kier molecular flexibility index (Phi) is 2.26. The smallest absolute Gasteiger partial charge is 0.228 e. The molecule has 0 unspecified atom stereocenters. The predicted octanol–water partition coefficient (Wildman–Crippen LogP) is 2.26. The number of carbonyl (C=O) groups is 1. The van der Waals surface area contributed by atoms with E-state index in [1.165, 1.54) is 30.4 Å². The van der Waals surface area contributed by atoms with Gasteiger partial charge < -0.3 is 4.90 Å². The molecule has 3 heteroatoms. The summed E-state index contributed by atoms with van der Waals surface area (Å²) in [4.78, 5) is 15.2. The van der Waals surface area contributed by atoms with E-state index < -0.39 is 0 Å². The number of nitrogens with zero attached hydrogens (tertiary/aromatic N) is 1. The van der Waals surface area contributed by atoms with Crippen LogP contribution < -0.4 is 5.32 Å². The molecule has 0 spiro atoms. The van der Waals surface area contributed by atoms with E-state index in [0.29, 0.717) is 17.7 Å². The van der Waals surface area contributed by atoms with Gasteiger partial charge in [0, 0.05) is 24.9 Å². The molecule has 1 N–H and O–H groups in total. The molecule has 0 aromatic heterocycles. The maximum Gasteiger partial charge on any atom is 0.228 e. The highest BCUT2D eigenvalue weighted by molar-refractivity contribution is 5.85. The van der Waals surface area contributed by atoms with Crippen LogP contribution in [0.2, 0.25) is 0 Å². The van der Waals surface area contributed by atoms with Crippen LogP contribution in [0.3, 0.4) is 0 Å². The lowest BCUT2D eigenvalue weighted by Crippen LogP contribution is -2.51. The number of hydrogen-bond acceptors (Lipinski definition) is 2. The zero-order chi connectivity index (χ0) is 14.2. The Morgan fingerprint density at radius 1 is 1.19 bits per heavy atom. The molecule has 21 heavy (non-hydrogen) atoms. The second-order valence-electron chi connectivity index (χ2n) is 7.43. The first-order valence-corrected chi connectivity index (χ1v) is 8.35. The molecule has 4 aliphatic rings. The van der Waals surface area contributed by atoms with Gasteiger partial charge in [-0.2, -0.15) is 0 Å². The number of amides is 1. The predicted molar refractivity (Wildman–Crippen MR) is 80.4 cm³/mol. The van der Waals surface area contributed by atoms with Gasteiger partial charge in [0.2, 0.25) is 5.91 Å². The molecule has 5 rings (SSSR count). The molecule has 5 atom stereocenters. The molecule has 2 heterocycles. The molecule has 2 bridgehead atoms. The number of carbonyl (C=O) groups excluding carboxylic acids is 1. The molecule has 3 nitrogen and oxygen atoms in total. The van der Waals surface area contributed by atoms with E-state index in [9.17, 15) is 4.79 Å². The number of hydrogen-bond donors (Lipinski definition) is 1. The highest BCUT2D eigenvalue weighted by Crippen LogP contribution is 2.63. The Balaban J connectivity index is 1.69. The van der Waals surface area contributed by atoms with Crippen molar-refractivity contribution in [2.45, 2.75) is 31.8 Å². The Hall–Kier alpha value is -1.35. The second-order valence-corrected chi connectivity index (χ2v) is 7.43. The van der Waals surface area contributed by atoms with E-state index in [-0.39, 0.29) is 11.6 Å². The maximum absolute atomic E-state index is 13.0. The highest BCUT2D eigenvalue weighted by Gasteiger charge is 2.69. The molecular weight excluding hydrogens is 260 g/mol. The summed E-state index contributed by atoms with van der Waals surface area (Å²) in [6, 6.07) is 8.85. The molecule has 110 valence electrons. The first kappa shape index (κ1) is 12.2. The van der Waals surface area contributed by atoms with E-state index in [2.05, 4.69) is 41.4 Å². The summed E-state index contributed by atoms with van der Waals surface area (Å²) in [6.45, 7) is 3.93. The largest absolute Gasteiger partial charge is 0.318 e. The van der Waals surface area contributed by atoms with E-state index in [0.717, 1.165) is 19.0 Å². The average Bonchev–Trinajstić information content (AvgIpc) is 3.22. The van der Waals surface area contributed by atoms with Crippen LogP contribution in [0.4, 0.5) is 0 Å². The monoisotopic (exact) mass is 282 g/mol. The molecule has 1 aromatic carbocycles. The minimum atomic E-state index is -0.199. The van der Waals surface area contributed by atoms with Crippen molar-refractivity contribution in [2.75, 3.05) is 13.1 Å². The van der Waals surface area contributed by atoms with Crippen LogP contribution >= 0.6 is 0 Å². The van der Waals surface area contributed by atoms with Gasteiger partial charge in [0.05, 0.1) is 0 Å². The van der Waals surface area contributed by atoms with Crippen LogP contribution in [-0.2, 0) is 10.5 Å². The Bertz CT molecular complexity index is 610. The Morgan fingerprint density at radius 3 is 2.76 bits per heavy atom. The lowest BCUT2D eigenvalue weighted by atomic mass is 9.73. The average molecular weight is 282 g/mol. The van der Waals surface area contributed by atoms with Crippen molar-refractivity contribution in [1.82, 2.24) is 10.2 Å². The van der Waals surface area contributed by atoms with E-state index >= 15 is 0 Å². The highest BCUT2D eigenvalue weighted by atomic mass is 16.2. The van der Waals surface area contributed by atoms with Crippen LogP contribution in [0, 0.1) is 30.6 Å². The number of fused-ring (bicyclic) bond motifs is 7. The zero-order valence-corrected chi connectivity index (χ0v) is 12.5. The lowest BCUT2D eigenvalue weighted by molar-refractivity contribution is -0.133. The van der Waals surface area contributed by atoms with Crippen molar-refractivity contribution in [3.63, 3.8) is 0 Å². The van der Waals surface area contributed by atoms with Crippen molar-refractivity contribution in [3.8, 4) is 0 Å². The molecule has 1 amide bonds. The minimum absolute atomic E-state index is 0.199. The second kappa shape index (κ2) is 3.89. The Labute approximate surface area is 125 Å². The minimum Gasteiger partial charge on any atom is -0.318 e. The van der Waals surface area contributed by atoms with Gasteiger partial charge >= 0.3 is 0 Å². The van der Waals surface area contributed by atoms with Crippen molar-refractivity contribution in [2.24, 2.45) is 23.7 Å². The number of benzene rings is 1. The first-order chi connectivity index (χ1) is 10.2. The summed E-state index contributed by atoms with van der Waals surface area (Å²) < 4.78 is 0. The van der Waals surface area contributed by atoms with Gasteiger partial charge in [-0.1, -0.05) is 29.8 Å². The summed E-state index contributed by atoms with van der Waals surface area (Å²) >= 11 is 0. The molecule has 2 saturated carbocycles. The number of nitrogens with one attached hydrogen (secondary N) is 1. The maximum atomic E-state index is 13.0. The topological polar surface area (TPSA) is 32.3 Å². The molecule has 2 aliphatic carbocycles. The zero-order valence-electron chi connectivity index (χ0n) is 12.5. The fourth-order valence-corrected chi connectivity index (χ4v) is 5.90. The van der Waals surface area contributed by atoms with Crippen LogP contribution in [-0.4, -0.2) is 23.9 Å². The summed E-state index contributed by atoms with van der Waals surface area (Å²) in [5.74, 6) is 2.60. The van der Waals surface area contributed by atoms with Gasteiger partial charge in [-0.3, -0.25) is 10.1 Å². The molecule has 2 saturated heterocycles. The van der Waals surface area contributed by atoms with Gasteiger partial charge in [-0.15, -0.1) is 0 Å². The summed E-state index contributed by atoms with van der Waals surface area (Å²) in [7, 11) is 0. The molecule has 1 aromatic rings. The summed E-state index contributed by atoms with van der Waals surface area (Å²) in [6.07, 6.45) is 3.88. The van der Waals surface area contributed by atoms with Crippen LogP contribution in [0.5, 0.6) is 0 Å². The standard InChI is InChI=1S/C18H22N2O/c1-11-2-6-14(7-3-11)18-16-13-5-4-12(10-13)15(16)17(21)20(18)9-8-19-18/h2-3,6-7,12-13,15-16,19H,4-5,8-10H2,1H3/t12-,13+,15+,16-,18-/m0/s1. The van der Waals surface area contributed by atoms with Crippen molar-refractivity contribution < 1.29 is 4.79 Å². The fraction of sp³-hybridized carbons (Fsp3) is 0.611. The number of rotatable bonds is 1. The SMILES string of the molecule is Cc1ccc([C@]23NCCN2C(=O)[C@@H]2[C@H]4CC[C@H](C4)[C@@H]23)cc1. The first-order valence-electron chi connectivity index (χ1n) is 8.35. The van der Waals surface area contributed by atoms with E-state index in [4.69, 9.17) is 0 Å². The third-order valence-electron chi connectivity index (χ3n) is 6.60. The molecule has 0 radical (unpaired) electrons. The quantitative estimate of drug-likeness (QED) is 0.857. The molecule has 2 aliphatic heterocycles. The summed E-state index contributed by atoms with van der Waals surface area (Å²) in [5.41, 5.74) is 2.39. The van der Waals surface area contributed by atoms with Crippen LogP contribution in [0.15, 0.2) is 24.3 Å². The van der Waals surface area contributed by atoms with E-state index in [1.54, 1.807) is 0 Å². The molecular formula is C18H22N2O. The third-order valence-corrected chi connectivity index (χ3v) is 6.60. The van der Waals surface area contributed by atoms with Crippen LogP contribution in [0.1, 0.15) is 30.4 Å². The van der Waals surface area contributed by atoms with Gasteiger partial charge in [0.1, 0.15) is 5.66 Å². The molecule has 4 fully saturated rings. The third kappa shape index (κ3) is 1.32. The number of aryl methyl sites for hydroxylation is 1. The van der Waals surface area contributed by atoms with Crippen molar-refractivity contribution >= 4 is 5.91 Å². The van der Waals surface area contributed by atoms with Crippen molar-refractivity contribution in [3.05, 3.63) is 35.4 Å². The van der Waals surface area contributed by atoms with E-state index in [1.807, 2.05) is 0 Å². The lowest BCUT2D eigenvalue weighted by Gasteiger charge is -2.40.